The number of nitrogens with one attached hydrogen (secondary N) is 1. The fraction of sp³-hybridized carbons (Fsp3) is 0.471. The summed E-state index contributed by atoms with van der Waals surface area (Å²) in [5.41, 5.74) is 1.11. The topological polar surface area (TPSA) is 42.3 Å². The second-order valence-electron chi connectivity index (χ2n) is 5.69. The maximum absolute atomic E-state index is 6.24. The lowest BCUT2D eigenvalue weighted by Gasteiger charge is -2.26. The highest BCUT2D eigenvalue weighted by molar-refractivity contribution is 6.31. The summed E-state index contributed by atoms with van der Waals surface area (Å²) in [6.07, 6.45) is 3.85. The lowest BCUT2D eigenvalue weighted by Crippen LogP contribution is -2.40. The first-order chi connectivity index (χ1) is 11.3. The van der Waals surface area contributed by atoms with Crippen LogP contribution in [0.3, 0.4) is 0 Å². The molecule has 2 heterocycles. The van der Waals surface area contributed by atoms with Crippen LogP contribution in [0.4, 0.5) is 0 Å². The lowest BCUT2D eigenvalue weighted by molar-refractivity contribution is 0.0384. The highest BCUT2D eigenvalue weighted by Gasteiger charge is 2.10. The quantitative estimate of drug-likeness (QED) is 0.787. The van der Waals surface area contributed by atoms with Crippen molar-refractivity contribution in [3.63, 3.8) is 0 Å². The van der Waals surface area contributed by atoms with Crippen LogP contribution in [0.5, 0.6) is 0 Å². The number of halogens is 1. The van der Waals surface area contributed by atoms with Crippen molar-refractivity contribution >= 4 is 11.6 Å². The van der Waals surface area contributed by atoms with Crippen molar-refractivity contribution in [2.75, 3.05) is 39.4 Å². The molecule has 0 unspecified atom stereocenters. The first-order valence-corrected chi connectivity index (χ1v) is 8.45. The van der Waals surface area contributed by atoms with Gasteiger partial charge in [-0.3, -0.25) is 4.90 Å². The Kier molecular flexibility index (Phi) is 6.05. The van der Waals surface area contributed by atoms with E-state index in [4.69, 9.17) is 16.3 Å². The van der Waals surface area contributed by atoms with E-state index in [0.717, 1.165) is 68.9 Å². The Morgan fingerprint density at radius 2 is 2.04 bits per heavy atom. The van der Waals surface area contributed by atoms with Crippen LogP contribution in [0.1, 0.15) is 11.4 Å². The third kappa shape index (κ3) is 4.78. The predicted octanol–water partition coefficient (Wildman–Crippen LogP) is 2.01. The number of imidazole rings is 1. The zero-order valence-corrected chi connectivity index (χ0v) is 14.0. The Bertz CT molecular complexity index is 610. The van der Waals surface area contributed by atoms with E-state index >= 15 is 0 Å². The van der Waals surface area contributed by atoms with Gasteiger partial charge in [-0.05, 0) is 11.6 Å². The molecule has 0 saturated carbocycles. The Balaban J connectivity index is 1.47. The maximum Gasteiger partial charge on any atom is 0.122 e. The van der Waals surface area contributed by atoms with Crippen molar-refractivity contribution in [2.24, 2.45) is 0 Å². The number of morpholine rings is 1. The second-order valence-corrected chi connectivity index (χ2v) is 6.10. The Labute approximate surface area is 142 Å². The predicted molar refractivity (Wildman–Crippen MR) is 91.7 cm³/mol. The minimum absolute atomic E-state index is 0.750. The van der Waals surface area contributed by atoms with Crippen LogP contribution in [0.2, 0.25) is 5.02 Å². The minimum Gasteiger partial charge on any atom is -0.379 e. The van der Waals surface area contributed by atoms with E-state index in [1.54, 1.807) is 0 Å². The van der Waals surface area contributed by atoms with E-state index in [2.05, 4.69) is 25.8 Å². The van der Waals surface area contributed by atoms with E-state index in [1.807, 2.05) is 30.6 Å². The van der Waals surface area contributed by atoms with Gasteiger partial charge >= 0.3 is 0 Å². The first kappa shape index (κ1) is 16.5. The average Bonchev–Trinajstić information content (AvgIpc) is 3.02. The smallest absolute Gasteiger partial charge is 0.122 e. The van der Waals surface area contributed by atoms with Crippen molar-refractivity contribution in [3.05, 3.63) is 53.1 Å². The highest BCUT2D eigenvalue weighted by Crippen LogP contribution is 2.16. The van der Waals surface area contributed by atoms with Crippen LogP contribution in [0, 0.1) is 0 Å². The van der Waals surface area contributed by atoms with Gasteiger partial charge < -0.3 is 14.6 Å². The third-order valence-electron chi connectivity index (χ3n) is 4.09. The second kappa shape index (κ2) is 8.45. The molecule has 1 aliphatic heterocycles. The molecule has 3 rings (SSSR count). The molecule has 1 aromatic heterocycles. The molecular formula is C17H23ClN4O. The van der Waals surface area contributed by atoms with Crippen molar-refractivity contribution in [1.29, 1.82) is 0 Å². The molecule has 6 heteroatoms. The number of nitrogens with zero attached hydrogens (tertiary/aromatic N) is 3. The zero-order valence-electron chi connectivity index (χ0n) is 13.2. The minimum atomic E-state index is 0.750. The number of hydrogen-bond donors (Lipinski definition) is 1. The van der Waals surface area contributed by atoms with E-state index in [0.29, 0.717) is 0 Å². The van der Waals surface area contributed by atoms with Gasteiger partial charge in [-0.2, -0.15) is 0 Å². The summed E-state index contributed by atoms with van der Waals surface area (Å²) < 4.78 is 7.50. The fourth-order valence-electron chi connectivity index (χ4n) is 2.72. The summed E-state index contributed by atoms with van der Waals surface area (Å²) in [4.78, 5) is 6.87. The van der Waals surface area contributed by atoms with Gasteiger partial charge in [0, 0.05) is 43.6 Å². The van der Waals surface area contributed by atoms with Gasteiger partial charge in [0.2, 0.25) is 0 Å². The average molecular weight is 335 g/mol. The van der Waals surface area contributed by atoms with Crippen LogP contribution < -0.4 is 5.32 Å². The molecule has 0 radical (unpaired) electrons. The molecule has 23 heavy (non-hydrogen) atoms. The van der Waals surface area contributed by atoms with Gasteiger partial charge in [0.1, 0.15) is 5.82 Å². The Morgan fingerprint density at radius 1 is 1.22 bits per heavy atom. The molecule has 1 saturated heterocycles. The van der Waals surface area contributed by atoms with Crippen molar-refractivity contribution < 1.29 is 4.74 Å². The number of hydrogen-bond acceptors (Lipinski definition) is 4. The normalized spacial score (nSPS) is 15.9. The summed E-state index contributed by atoms with van der Waals surface area (Å²) in [6, 6.07) is 7.94. The standard InChI is InChI=1S/C17H23ClN4O/c18-16-4-2-1-3-15(16)14-22-8-6-20-17(22)13-19-5-7-21-9-11-23-12-10-21/h1-4,6,8,19H,5,7,9-14H2. The molecule has 124 valence electrons. The number of ether oxygens (including phenoxy) is 1. The lowest BCUT2D eigenvalue weighted by atomic mass is 10.2. The molecule has 1 N–H and O–H groups in total. The Hall–Kier alpha value is -1.40. The maximum atomic E-state index is 6.24. The van der Waals surface area contributed by atoms with Gasteiger partial charge in [0.15, 0.2) is 0 Å². The third-order valence-corrected chi connectivity index (χ3v) is 4.46. The number of aromatic nitrogens is 2. The van der Waals surface area contributed by atoms with Crippen LogP contribution in [-0.2, 0) is 17.8 Å². The number of rotatable bonds is 7. The van der Waals surface area contributed by atoms with Crippen molar-refractivity contribution in [2.45, 2.75) is 13.1 Å². The van der Waals surface area contributed by atoms with Crippen LogP contribution in [0.15, 0.2) is 36.7 Å². The molecule has 0 amide bonds. The van der Waals surface area contributed by atoms with E-state index < -0.39 is 0 Å². The molecule has 0 bridgehead atoms. The summed E-state index contributed by atoms with van der Waals surface area (Å²) in [5.74, 6) is 1.03. The summed E-state index contributed by atoms with van der Waals surface area (Å²) in [5, 5.41) is 4.28. The van der Waals surface area contributed by atoms with Crippen LogP contribution >= 0.6 is 11.6 Å². The largest absolute Gasteiger partial charge is 0.379 e. The van der Waals surface area contributed by atoms with Gasteiger partial charge in [-0.1, -0.05) is 29.8 Å². The molecular weight excluding hydrogens is 312 g/mol. The van der Waals surface area contributed by atoms with Gasteiger partial charge in [-0.15, -0.1) is 0 Å². The summed E-state index contributed by atoms with van der Waals surface area (Å²) in [6.45, 7) is 7.28. The molecule has 2 aromatic rings. The van der Waals surface area contributed by atoms with Crippen molar-refractivity contribution in [3.8, 4) is 0 Å². The molecule has 1 aliphatic rings. The molecule has 1 aromatic carbocycles. The Morgan fingerprint density at radius 3 is 2.87 bits per heavy atom. The monoisotopic (exact) mass is 334 g/mol. The first-order valence-electron chi connectivity index (χ1n) is 8.07. The number of benzene rings is 1. The molecule has 0 aliphatic carbocycles. The van der Waals surface area contributed by atoms with Gasteiger partial charge in [0.05, 0.1) is 26.3 Å². The molecule has 5 nitrogen and oxygen atoms in total. The van der Waals surface area contributed by atoms with Crippen LogP contribution in [0.25, 0.3) is 0 Å². The molecule has 0 spiro atoms. The van der Waals surface area contributed by atoms with Crippen LogP contribution in [-0.4, -0.2) is 53.8 Å². The summed E-state index contributed by atoms with van der Waals surface area (Å²) >= 11 is 6.24. The molecule has 0 atom stereocenters. The SMILES string of the molecule is Clc1ccccc1Cn1ccnc1CNCCN1CCOCC1. The fourth-order valence-corrected chi connectivity index (χ4v) is 2.92. The van der Waals surface area contributed by atoms with E-state index in [9.17, 15) is 0 Å². The van der Waals surface area contributed by atoms with Crippen molar-refractivity contribution in [1.82, 2.24) is 19.8 Å². The zero-order chi connectivity index (χ0) is 15.9. The van der Waals surface area contributed by atoms with Gasteiger partial charge in [-0.25, -0.2) is 4.98 Å². The van der Waals surface area contributed by atoms with E-state index in [-0.39, 0.29) is 0 Å². The molecule has 1 fully saturated rings. The highest BCUT2D eigenvalue weighted by atomic mass is 35.5. The van der Waals surface area contributed by atoms with E-state index in [1.165, 1.54) is 0 Å². The van der Waals surface area contributed by atoms with Gasteiger partial charge in [0.25, 0.3) is 0 Å². The summed E-state index contributed by atoms with van der Waals surface area (Å²) in [7, 11) is 0.